The normalized spacial score (nSPS) is 11.3. The number of carbonyl (C=O) groups is 1. The maximum atomic E-state index is 12.0. The molecule has 104 valence electrons. The molecule has 0 aliphatic heterocycles. The van der Waals surface area contributed by atoms with E-state index < -0.39 is 0 Å². The monoisotopic (exact) mass is 290 g/mol. The van der Waals surface area contributed by atoms with Crippen molar-refractivity contribution < 1.29 is 10.0 Å². The SMILES string of the molecule is Cc1ncsc1CNC(=O)c1cccc(C(N)=NO)c1. The van der Waals surface area contributed by atoms with Crippen LogP contribution in [0, 0.1) is 6.92 Å². The number of thiazole rings is 1. The molecule has 6 nitrogen and oxygen atoms in total. The van der Waals surface area contributed by atoms with Crippen LogP contribution in [0.5, 0.6) is 0 Å². The summed E-state index contributed by atoms with van der Waals surface area (Å²) in [5.74, 6) is -0.247. The average molecular weight is 290 g/mol. The zero-order chi connectivity index (χ0) is 14.5. The summed E-state index contributed by atoms with van der Waals surface area (Å²) in [6.07, 6.45) is 0. The van der Waals surface area contributed by atoms with Crippen LogP contribution in [0.2, 0.25) is 0 Å². The Morgan fingerprint density at radius 1 is 1.50 bits per heavy atom. The second-order valence-electron chi connectivity index (χ2n) is 4.11. The summed E-state index contributed by atoms with van der Waals surface area (Å²) in [6.45, 7) is 2.33. The summed E-state index contributed by atoms with van der Waals surface area (Å²) in [4.78, 5) is 17.2. The maximum Gasteiger partial charge on any atom is 0.251 e. The van der Waals surface area contributed by atoms with Gasteiger partial charge in [-0.15, -0.1) is 11.3 Å². The number of nitrogens with one attached hydrogen (secondary N) is 1. The van der Waals surface area contributed by atoms with Gasteiger partial charge >= 0.3 is 0 Å². The molecule has 20 heavy (non-hydrogen) atoms. The molecular weight excluding hydrogens is 276 g/mol. The van der Waals surface area contributed by atoms with Crippen LogP contribution in [0.1, 0.15) is 26.5 Å². The van der Waals surface area contributed by atoms with Gasteiger partial charge in [-0.25, -0.2) is 4.98 Å². The number of amides is 1. The summed E-state index contributed by atoms with van der Waals surface area (Å²) in [5.41, 5.74) is 9.11. The van der Waals surface area contributed by atoms with E-state index in [-0.39, 0.29) is 11.7 Å². The first-order valence-corrected chi connectivity index (χ1v) is 6.75. The van der Waals surface area contributed by atoms with E-state index >= 15 is 0 Å². The summed E-state index contributed by atoms with van der Waals surface area (Å²) in [5, 5.41) is 14.4. The van der Waals surface area contributed by atoms with Crippen LogP contribution in [0.15, 0.2) is 34.9 Å². The van der Waals surface area contributed by atoms with Crippen LogP contribution in [0.3, 0.4) is 0 Å². The van der Waals surface area contributed by atoms with Gasteiger partial charge in [0.15, 0.2) is 5.84 Å². The summed E-state index contributed by atoms with van der Waals surface area (Å²) < 4.78 is 0. The fraction of sp³-hybridized carbons (Fsp3) is 0.154. The minimum absolute atomic E-state index is 0.0297. The van der Waals surface area contributed by atoms with Crippen LogP contribution in [0.25, 0.3) is 0 Å². The summed E-state index contributed by atoms with van der Waals surface area (Å²) >= 11 is 1.50. The third kappa shape index (κ3) is 3.12. The van der Waals surface area contributed by atoms with Crippen molar-refractivity contribution in [3.63, 3.8) is 0 Å². The van der Waals surface area contributed by atoms with Gasteiger partial charge in [0.1, 0.15) is 0 Å². The molecule has 0 aliphatic carbocycles. The number of hydrogen-bond donors (Lipinski definition) is 3. The Labute approximate surface area is 120 Å². The molecule has 0 spiro atoms. The van der Waals surface area contributed by atoms with Crippen LogP contribution < -0.4 is 11.1 Å². The Morgan fingerprint density at radius 3 is 2.90 bits per heavy atom. The minimum Gasteiger partial charge on any atom is -0.409 e. The van der Waals surface area contributed by atoms with Gasteiger partial charge in [0.2, 0.25) is 0 Å². The van der Waals surface area contributed by atoms with Gasteiger partial charge in [0.05, 0.1) is 17.7 Å². The molecule has 0 saturated heterocycles. The van der Waals surface area contributed by atoms with E-state index in [1.54, 1.807) is 29.8 Å². The van der Waals surface area contributed by atoms with E-state index in [0.717, 1.165) is 10.6 Å². The van der Waals surface area contributed by atoms with Gasteiger partial charge in [0.25, 0.3) is 5.91 Å². The van der Waals surface area contributed by atoms with Crippen molar-refractivity contribution in [1.29, 1.82) is 0 Å². The highest BCUT2D eigenvalue weighted by Gasteiger charge is 2.09. The number of oxime groups is 1. The minimum atomic E-state index is -0.217. The zero-order valence-corrected chi connectivity index (χ0v) is 11.6. The molecule has 0 fully saturated rings. The number of carbonyl (C=O) groups excluding carboxylic acids is 1. The van der Waals surface area contributed by atoms with Crippen LogP contribution in [0.4, 0.5) is 0 Å². The van der Waals surface area contributed by atoms with Crippen molar-refractivity contribution in [1.82, 2.24) is 10.3 Å². The highest BCUT2D eigenvalue weighted by molar-refractivity contribution is 7.09. The first-order valence-electron chi connectivity index (χ1n) is 5.87. The fourth-order valence-corrected chi connectivity index (χ4v) is 2.35. The average Bonchev–Trinajstić information content (AvgIpc) is 2.89. The highest BCUT2D eigenvalue weighted by Crippen LogP contribution is 2.12. The maximum absolute atomic E-state index is 12.0. The largest absolute Gasteiger partial charge is 0.409 e. The molecule has 0 atom stereocenters. The van der Waals surface area contributed by atoms with Gasteiger partial charge in [-0.05, 0) is 19.1 Å². The molecular formula is C13H14N4O2S. The van der Waals surface area contributed by atoms with Gasteiger partial charge in [-0.3, -0.25) is 4.79 Å². The predicted molar refractivity (Wildman–Crippen MR) is 77.0 cm³/mol. The lowest BCUT2D eigenvalue weighted by molar-refractivity contribution is 0.0951. The number of amidine groups is 1. The lowest BCUT2D eigenvalue weighted by Gasteiger charge is -2.06. The number of aryl methyl sites for hydroxylation is 1. The Morgan fingerprint density at radius 2 is 2.25 bits per heavy atom. The van der Waals surface area contributed by atoms with Crippen LogP contribution in [-0.4, -0.2) is 21.9 Å². The standard InChI is InChI=1S/C13H14N4O2S/c1-8-11(20-7-16-8)6-15-13(18)10-4-2-3-9(5-10)12(14)17-19/h2-5,7,19H,6H2,1H3,(H2,14,17)(H,15,18). The van der Waals surface area contributed by atoms with E-state index in [4.69, 9.17) is 10.9 Å². The molecule has 1 amide bonds. The lowest BCUT2D eigenvalue weighted by Crippen LogP contribution is -2.23. The van der Waals surface area contributed by atoms with Crippen molar-refractivity contribution in [2.45, 2.75) is 13.5 Å². The molecule has 1 aromatic carbocycles. The molecule has 2 rings (SSSR count). The van der Waals surface area contributed by atoms with E-state index in [0.29, 0.717) is 17.7 Å². The Hall–Kier alpha value is -2.41. The van der Waals surface area contributed by atoms with E-state index in [9.17, 15) is 4.79 Å². The number of nitrogens with two attached hydrogens (primary N) is 1. The molecule has 0 bridgehead atoms. The number of benzene rings is 1. The smallest absolute Gasteiger partial charge is 0.251 e. The molecule has 7 heteroatoms. The van der Waals surface area contributed by atoms with Gasteiger partial charge in [-0.1, -0.05) is 17.3 Å². The van der Waals surface area contributed by atoms with Crippen molar-refractivity contribution in [3.05, 3.63) is 51.5 Å². The lowest BCUT2D eigenvalue weighted by atomic mass is 10.1. The van der Waals surface area contributed by atoms with E-state index in [1.165, 1.54) is 11.3 Å². The highest BCUT2D eigenvalue weighted by atomic mass is 32.1. The van der Waals surface area contributed by atoms with Crippen LogP contribution >= 0.6 is 11.3 Å². The molecule has 4 N–H and O–H groups in total. The third-order valence-electron chi connectivity index (χ3n) is 2.78. The predicted octanol–water partition coefficient (Wildman–Crippen LogP) is 1.48. The zero-order valence-electron chi connectivity index (χ0n) is 10.8. The summed E-state index contributed by atoms with van der Waals surface area (Å²) in [6, 6.07) is 6.59. The quantitative estimate of drug-likeness (QED) is 0.343. The van der Waals surface area contributed by atoms with Crippen molar-refractivity contribution >= 4 is 23.1 Å². The summed E-state index contributed by atoms with van der Waals surface area (Å²) in [7, 11) is 0. The third-order valence-corrected chi connectivity index (χ3v) is 3.72. The molecule has 0 saturated carbocycles. The molecule has 1 heterocycles. The molecule has 2 aromatic rings. The van der Waals surface area contributed by atoms with Crippen molar-refractivity contribution in [3.8, 4) is 0 Å². The Kier molecular flexibility index (Phi) is 4.31. The second-order valence-corrected chi connectivity index (χ2v) is 5.05. The number of rotatable bonds is 4. The molecule has 1 aromatic heterocycles. The van der Waals surface area contributed by atoms with Gasteiger partial charge in [-0.2, -0.15) is 0 Å². The van der Waals surface area contributed by atoms with Crippen LogP contribution in [-0.2, 0) is 6.54 Å². The molecule has 0 aliphatic rings. The second kappa shape index (κ2) is 6.16. The number of nitrogens with zero attached hydrogens (tertiary/aromatic N) is 2. The Balaban J connectivity index is 2.08. The first-order chi connectivity index (χ1) is 9.61. The van der Waals surface area contributed by atoms with Gasteiger partial charge < -0.3 is 16.3 Å². The molecule has 0 unspecified atom stereocenters. The fourth-order valence-electron chi connectivity index (χ4n) is 1.64. The Bertz CT molecular complexity index is 651. The molecule has 0 radical (unpaired) electrons. The topological polar surface area (TPSA) is 101 Å². The van der Waals surface area contributed by atoms with E-state index in [1.807, 2.05) is 6.92 Å². The first kappa shape index (κ1) is 14.0. The van der Waals surface area contributed by atoms with E-state index in [2.05, 4.69) is 15.5 Å². The number of hydrogen-bond acceptors (Lipinski definition) is 5. The number of aromatic nitrogens is 1. The van der Waals surface area contributed by atoms with Crippen molar-refractivity contribution in [2.75, 3.05) is 0 Å². The van der Waals surface area contributed by atoms with Gasteiger partial charge in [0, 0.05) is 16.0 Å². The van der Waals surface area contributed by atoms with Crippen molar-refractivity contribution in [2.24, 2.45) is 10.9 Å².